The van der Waals surface area contributed by atoms with Gasteiger partial charge < -0.3 is 9.52 Å². The Balaban J connectivity index is 1.80. The largest absolute Gasteiger partial charge is 0.507 e. The molecule has 0 aliphatic heterocycles. The number of phenols is 1. The number of amides is 1. The molecule has 0 radical (unpaired) electrons. The van der Waals surface area contributed by atoms with Crippen molar-refractivity contribution < 1.29 is 18.7 Å². The first-order chi connectivity index (χ1) is 11.1. The molecule has 2 aromatic carbocycles. The maximum Gasteiger partial charge on any atom is 0.307 e. The Bertz CT molecular complexity index is 898. The van der Waals surface area contributed by atoms with Gasteiger partial charge in [-0.2, -0.15) is 5.10 Å². The highest BCUT2D eigenvalue weighted by Gasteiger charge is 2.19. The van der Waals surface area contributed by atoms with Crippen LogP contribution < -0.4 is 5.43 Å². The highest BCUT2D eigenvalue weighted by molar-refractivity contribution is 6.00. The second kappa shape index (κ2) is 5.92. The second-order valence-corrected chi connectivity index (χ2v) is 4.96. The average Bonchev–Trinajstić information content (AvgIpc) is 2.88. The summed E-state index contributed by atoms with van der Waals surface area (Å²) in [6.45, 7) is 1.68. The number of hydrogen-bond acceptors (Lipinski definition) is 4. The first-order valence-electron chi connectivity index (χ1n) is 6.86. The third-order valence-corrected chi connectivity index (χ3v) is 3.39. The number of carbonyl (C=O) groups excluding carboxylic acids is 1. The molecule has 3 aromatic rings. The van der Waals surface area contributed by atoms with E-state index in [1.54, 1.807) is 19.1 Å². The van der Waals surface area contributed by atoms with E-state index in [2.05, 4.69) is 10.5 Å². The summed E-state index contributed by atoms with van der Waals surface area (Å²) >= 11 is 0. The number of rotatable bonds is 3. The van der Waals surface area contributed by atoms with Crippen LogP contribution in [-0.2, 0) is 0 Å². The minimum atomic E-state index is -0.531. The highest BCUT2D eigenvalue weighted by Crippen LogP contribution is 2.32. The van der Waals surface area contributed by atoms with Gasteiger partial charge in [-0.1, -0.05) is 18.2 Å². The van der Waals surface area contributed by atoms with Crippen LogP contribution in [0.1, 0.15) is 21.7 Å². The number of nitrogens with zero attached hydrogens (tertiary/aromatic N) is 1. The molecule has 1 heterocycles. The van der Waals surface area contributed by atoms with Crippen molar-refractivity contribution in [3.05, 3.63) is 65.2 Å². The monoisotopic (exact) mass is 312 g/mol. The van der Waals surface area contributed by atoms with Gasteiger partial charge in [0.15, 0.2) is 5.76 Å². The number of aryl methyl sites for hydroxylation is 1. The van der Waals surface area contributed by atoms with Gasteiger partial charge in [0, 0.05) is 5.56 Å². The Hall–Kier alpha value is -3.15. The lowest BCUT2D eigenvalue weighted by Gasteiger charge is -1.97. The molecule has 3 rings (SSSR count). The molecule has 0 unspecified atom stereocenters. The van der Waals surface area contributed by atoms with Gasteiger partial charge in [-0.25, -0.2) is 9.82 Å². The van der Waals surface area contributed by atoms with Gasteiger partial charge in [0.25, 0.3) is 0 Å². The van der Waals surface area contributed by atoms with Gasteiger partial charge in [-0.05, 0) is 36.8 Å². The Kier molecular flexibility index (Phi) is 3.80. The van der Waals surface area contributed by atoms with Crippen molar-refractivity contribution in [2.75, 3.05) is 0 Å². The smallest absolute Gasteiger partial charge is 0.307 e. The summed E-state index contributed by atoms with van der Waals surface area (Å²) in [4.78, 5) is 12.1. The van der Waals surface area contributed by atoms with Gasteiger partial charge >= 0.3 is 5.91 Å². The summed E-state index contributed by atoms with van der Waals surface area (Å²) in [5.41, 5.74) is 3.95. The lowest BCUT2D eigenvalue weighted by Crippen LogP contribution is -2.17. The van der Waals surface area contributed by atoms with E-state index in [-0.39, 0.29) is 17.3 Å². The third-order valence-electron chi connectivity index (χ3n) is 3.39. The van der Waals surface area contributed by atoms with Crippen molar-refractivity contribution in [2.45, 2.75) is 6.92 Å². The molecule has 1 amide bonds. The molecule has 0 aliphatic rings. The zero-order valence-corrected chi connectivity index (χ0v) is 12.2. The molecule has 6 heteroatoms. The molecular formula is C17H13FN2O3. The van der Waals surface area contributed by atoms with Crippen molar-refractivity contribution in [1.29, 1.82) is 0 Å². The zero-order chi connectivity index (χ0) is 16.4. The number of nitrogens with one attached hydrogen (secondary N) is 1. The molecule has 2 N–H and O–H groups in total. The third kappa shape index (κ3) is 2.91. The Labute approximate surface area is 131 Å². The number of fused-ring (bicyclic) bond motifs is 1. The van der Waals surface area contributed by atoms with Crippen LogP contribution in [0.3, 0.4) is 0 Å². The van der Waals surface area contributed by atoms with Crippen LogP contribution in [0, 0.1) is 12.7 Å². The van der Waals surface area contributed by atoms with E-state index < -0.39 is 5.91 Å². The van der Waals surface area contributed by atoms with E-state index in [1.165, 1.54) is 36.5 Å². The van der Waals surface area contributed by atoms with E-state index in [9.17, 15) is 14.3 Å². The van der Waals surface area contributed by atoms with E-state index in [0.717, 1.165) is 0 Å². The molecule has 5 nitrogen and oxygen atoms in total. The van der Waals surface area contributed by atoms with Crippen LogP contribution in [0.5, 0.6) is 5.75 Å². The highest BCUT2D eigenvalue weighted by atomic mass is 19.1. The summed E-state index contributed by atoms with van der Waals surface area (Å²) in [6.07, 6.45) is 1.40. The average molecular weight is 312 g/mol. The van der Waals surface area contributed by atoms with Crippen LogP contribution in [0.25, 0.3) is 11.0 Å². The van der Waals surface area contributed by atoms with Crippen LogP contribution in [0.15, 0.2) is 52.0 Å². The summed E-state index contributed by atoms with van der Waals surface area (Å²) in [5, 5.41) is 14.2. The maximum atomic E-state index is 12.8. The van der Waals surface area contributed by atoms with Crippen molar-refractivity contribution in [3.63, 3.8) is 0 Å². The van der Waals surface area contributed by atoms with Crippen molar-refractivity contribution in [1.82, 2.24) is 5.43 Å². The van der Waals surface area contributed by atoms with E-state index in [0.29, 0.717) is 22.1 Å². The van der Waals surface area contributed by atoms with Crippen LogP contribution in [0.4, 0.5) is 4.39 Å². The molecule has 0 atom stereocenters. The zero-order valence-electron chi connectivity index (χ0n) is 12.2. The lowest BCUT2D eigenvalue weighted by atomic mass is 10.1. The van der Waals surface area contributed by atoms with Crippen molar-refractivity contribution in [2.24, 2.45) is 5.10 Å². The molecule has 0 saturated heterocycles. The fourth-order valence-corrected chi connectivity index (χ4v) is 2.26. The molecule has 0 spiro atoms. The summed E-state index contributed by atoms with van der Waals surface area (Å²) in [7, 11) is 0. The first kappa shape index (κ1) is 14.8. The Morgan fingerprint density at radius 2 is 2.00 bits per heavy atom. The molecule has 23 heavy (non-hydrogen) atoms. The molecule has 0 bridgehead atoms. The minimum absolute atomic E-state index is 0.0533. The van der Waals surface area contributed by atoms with Crippen LogP contribution >= 0.6 is 0 Å². The number of furan rings is 1. The predicted molar refractivity (Wildman–Crippen MR) is 84.1 cm³/mol. The number of halogens is 1. The van der Waals surface area contributed by atoms with Crippen LogP contribution in [-0.4, -0.2) is 17.2 Å². The minimum Gasteiger partial charge on any atom is -0.507 e. The number of benzene rings is 2. The Morgan fingerprint density at radius 3 is 2.70 bits per heavy atom. The van der Waals surface area contributed by atoms with Crippen molar-refractivity contribution in [3.8, 4) is 5.75 Å². The van der Waals surface area contributed by atoms with Gasteiger partial charge in [0.1, 0.15) is 17.1 Å². The topological polar surface area (TPSA) is 74.8 Å². The molecule has 0 fully saturated rings. The fraction of sp³-hybridized carbons (Fsp3) is 0.0588. The summed E-state index contributed by atoms with van der Waals surface area (Å²) in [5.74, 6) is -0.740. The number of carbonyl (C=O) groups is 1. The van der Waals surface area contributed by atoms with Gasteiger partial charge in [-0.15, -0.1) is 0 Å². The van der Waals surface area contributed by atoms with Gasteiger partial charge in [-0.3, -0.25) is 4.79 Å². The lowest BCUT2D eigenvalue weighted by molar-refractivity contribution is 0.0929. The van der Waals surface area contributed by atoms with Crippen molar-refractivity contribution >= 4 is 23.1 Å². The predicted octanol–water partition coefficient (Wildman–Crippen LogP) is 3.35. The molecule has 1 aromatic heterocycles. The first-order valence-corrected chi connectivity index (χ1v) is 6.86. The van der Waals surface area contributed by atoms with E-state index >= 15 is 0 Å². The second-order valence-electron chi connectivity index (χ2n) is 4.96. The quantitative estimate of drug-likeness (QED) is 0.575. The van der Waals surface area contributed by atoms with Crippen LogP contribution in [0.2, 0.25) is 0 Å². The maximum absolute atomic E-state index is 12.8. The Morgan fingerprint density at radius 1 is 1.26 bits per heavy atom. The number of hydrazone groups is 1. The fourth-order valence-electron chi connectivity index (χ4n) is 2.26. The molecule has 116 valence electrons. The molecule has 0 aliphatic carbocycles. The summed E-state index contributed by atoms with van der Waals surface area (Å²) < 4.78 is 18.3. The molecule has 0 saturated carbocycles. The molecular weight excluding hydrogens is 299 g/mol. The van der Waals surface area contributed by atoms with E-state index in [4.69, 9.17) is 4.42 Å². The normalized spacial score (nSPS) is 11.2. The number of aromatic hydroxyl groups is 1. The van der Waals surface area contributed by atoms with Gasteiger partial charge in [0.2, 0.25) is 0 Å². The standard InChI is InChI=1S/C17H13FN2O3/c1-10-15-13(21)3-2-4-14(15)23-16(10)17(22)20-19-9-11-5-7-12(18)8-6-11/h2-9,21H,1H3,(H,20,22)/b19-9+. The SMILES string of the molecule is Cc1c(C(=O)N/N=C/c2ccc(F)cc2)oc2cccc(O)c12. The van der Waals surface area contributed by atoms with Gasteiger partial charge in [0.05, 0.1) is 11.6 Å². The number of hydrogen-bond donors (Lipinski definition) is 2. The number of phenolic OH excluding ortho intramolecular Hbond substituents is 1. The summed E-state index contributed by atoms with van der Waals surface area (Å²) in [6, 6.07) is 10.5. The van der Waals surface area contributed by atoms with E-state index in [1.807, 2.05) is 0 Å².